The lowest BCUT2D eigenvalue weighted by Crippen LogP contribution is -2.28. The van der Waals surface area contributed by atoms with Gasteiger partial charge in [-0.15, -0.1) is 0 Å². The highest BCUT2D eigenvalue weighted by atomic mass is 16.5. The molecule has 6 heteroatoms. The summed E-state index contributed by atoms with van der Waals surface area (Å²) in [6, 6.07) is 15.0. The fourth-order valence-electron chi connectivity index (χ4n) is 1.91. The molecule has 0 radical (unpaired) electrons. The van der Waals surface area contributed by atoms with E-state index in [2.05, 4.69) is 15.4 Å². The van der Waals surface area contributed by atoms with E-state index in [1.807, 2.05) is 6.07 Å². The number of esters is 1. The summed E-state index contributed by atoms with van der Waals surface area (Å²) in [5, 5.41) is 14.1. The number of carbonyl (C=O) groups is 2. The summed E-state index contributed by atoms with van der Waals surface area (Å²) in [7, 11) is 1.32. The van der Waals surface area contributed by atoms with E-state index in [0.29, 0.717) is 16.8 Å². The SMILES string of the molecule is COC(=O)c1cccc(CNC(=O)Nc2ccc(C#N)cc2)c1. The van der Waals surface area contributed by atoms with Crippen LogP contribution in [-0.2, 0) is 11.3 Å². The van der Waals surface area contributed by atoms with Crippen molar-refractivity contribution in [1.82, 2.24) is 5.32 Å². The van der Waals surface area contributed by atoms with Crippen molar-refractivity contribution in [3.8, 4) is 6.07 Å². The highest BCUT2D eigenvalue weighted by Gasteiger charge is 2.07. The Morgan fingerprint density at radius 1 is 1.17 bits per heavy atom. The second-order valence-electron chi connectivity index (χ2n) is 4.69. The number of nitrogens with one attached hydrogen (secondary N) is 2. The zero-order valence-electron chi connectivity index (χ0n) is 12.5. The molecule has 0 spiro atoms. The summed E-state index contributed by atoms with van der Waals surface area (Å²) in [5.74, 6) is -0.422. The Kier molecular flexibility index (Phi) is 5.31. The maximum Gasteiger partial charge on any atom is 0.337 e. The first kappa shape index (κ1) is 16.0. The van der Waals surface area contributed by atoms with Crippen molar-refractivity contribution in [3.05, 3.63) is 65.2 Å². The molecular formula is C17H15N3O3. The smallest absolute Gasteiger partial charge is 0.337 e. The monoisotopic (exact) mass is 309 g/mol. The predicted octanol–water partition coefficient (Wildman–Crippen LogP) is 2.67. The minimum Gasteiger partial charge on any atom is -0.465 e. The Hall–Kier alpha value is -3.33. The van der Waals surface area contributed by atoms with E-state index >= 15 is 0 Å². The van der Waals surface area contributed by atoms with E-state index in [1.54, 1.807) is 48.5 Å². The normalized spacial score (nSPS) is 9.57. The molecule has 0 fully saturated rings. The molecule has 2 N–H and O–H groups in total. The Balaban J connectivity index is 1.91. The Morgan fingerprint density at radius 3 is 2.57 bits per heavy atom. The maximum atomic E-state index is 11.8. The third-order valence-corrected chi connectivity index (χ3v) is 3.07. The van der Waals surface area contributed by atoms with Crippen molar-refractivity contribution in [3.63, 3.8) is 0 Å². The maximum absolute atomic E-state index is 11.8. The molecule has 2 rings (SSSR count). The van der Waals surface area contributed by atoms with Gasteiger partial charge in [-0.05, 0) is 42.0 Å². The number of nitrogens with zero attached hydrogens (tertiary/aromatic N) is 1. The molecule has 0 heterocycles. The molecule has 0 aliphatic heterocycles. The third kappa shape index (κ3) is 4.58. The van der Waals surface area contributed by atoms with Gasteiger partial charge < -0.3 is 15.4 Å². The summed E-state index contributed by atoms with van der Waals surface area (Å²) in [5.41, 5.74) is 2.32. The van der Waals surface area contributed by atoms with Crippen LogP contribution in [0.5, 0.6) is 0 Å². The average molecular weight is 309 g/mol. The molecule has 0 aliphatic carbocycles. The van der Waals surface area contributed by atoms with E-state index < -0.39 is 5.97 Å². The first-order valence-electron chi connectivity index (χ1n) is 6.84. The van der Waals surface area contributed by atoms with Crippen LogP contribution < -0.4 is 10.6 Å². The number of hydrogen-bond donors (Lipinski definition) is 2. The topological polar surface area (TPSA) is 91.2 Å². The number of urea groups is 1. The summed E-state index contributed by atoms with van der Waals surface area (Å²) < 4.78 is 4.65. The zero-order valence-corrected chi connectivity index (χ0v) is 12.5. The number of hydrogen-bond acceptors (Lipinski definition) is 4. The molecule has 2 aromatic carbocycles. The van der Waals surface area contributed by atoms with Crippen LogP contribution in [0.25, 0.3) is 0 Å². The van der Waals surface area contributed by atoms with E-state index in [4.69, 9.17) is 5.26 Å². The van der Waals surface area contributed by atoms with Gasteiger partial charge in [0.05, 0.1) is 24.3 Å². The van der Waals surface area contributed by atoms with Gasteiger partial charge in [0.25, 0.3) is 0 Å². The quantitative estimate of drug-likeness (QED) is 0.849. The van der Waals surface area contributed by atoms with Gasteiger partial charge in [-0.25, -0.2) is 9.59 Å². The molecule has 2 aromatic rings. The third-order valence-electron chi connectivity index (χ3n) is 3.07. The van der Waals surface area contributed by atoms with Crippen LogP contribution in [0.4, 0.5) is 10.5 Å². The number of anilines is 1. The highest BCUT2D eigenvalue weighted by molar-refractivity contribution is 5.90. The Bertz CT molecular complexity index is 748. The van der Waals surface area contributed by atoms with Crippen molar-refractivity contribution in [2.45, 2.75) is 6.54 Å². The predicted molar refractivity (Wildman–Crippen MR) is 84.8 cm³/mol. The van der Waals surface area contributed by atoms with Crippen molar-refractivity contribution in [1.29, 1.82) is 5.26 Å². The van der Waals surface area contributed by atoms with Gasteiger partial charge in [0.2, 0.25) is 0 Å². The van der Waals surface area contributed by atoms with Gasteiger partial charge in [0.15, 0.2) is 0 Å². The van der Waals surface area contributed by atoms with Crippen LogP contribution in [-0.4, -0.2) is 19.1 Å². The minimum absolute atomic E-state index is 0.271. The van der Waals surface area contributed by atoms with Crippen LogP contribution in [0.1, 0.15) is 21.5 Å². The molecule has 0 saturated heterocycles. The van der Waals surface area contributed by atoms with Crippen LogP contribution >= 0.6 is 0 Å². The summed E-state index contributed by atoms with van der Waals surface area (Å²) in [6.45, 7) is 0.271. The van der Waals surface area contributed by atoms with E-state index in [1.165, 1.54) is 7.11 Å². The van der Waals surface area contributed by atoms with Crippen molar-refractivity contribution in [2.24, 2.45) is 0 Å². The standard InChI is InChI=1S/C17H15N3O3/c1-23-16(21)14-4-2-3-13(9-14)11-19-17(22)20-15-7-5-12(10-18)6-8-15/h2-9H,11H2,1H3,(H2,19,20,22). The first-order chi connectivity index (χ1) is 11.1. The van der Waals surface area contributed by atoms with E-state index in [9.17, 15) is 9.59 Å². The number of methoxy groups -OCH3 is 1. The fourth-order valence-corrected chi connectivity index (χ4v) is 1.91. The Morgan fingerprint density at radius 2 is 1.91 bits per heavy atom. The molecule has 6 nitrogen and oxygen atoms in total. The molecule has 0 bridgehead atoms. The van der Waals surface area contributed by atoms with Crippen molar-refractivity contribution >= 4 is 17.7 Å². The molecule has 0 aromatic heterocycles. The lowest BCUT2D eigenvalue weighted by Gasteiger charge is -2.08. The second kappa shape index (κ2) is 7.61. The van der Waals surface area contributed by atoms with Gasteiger partial charge in [0.1, 0.15) is 0 Å². The van der Waals surface area contributed by atoms with E-state index in [0.717, 1.165) is 5.56 Å². The van der Waals surface area contributed by atoms with Crippen LogP contribution in [0.3, 0.4) is 0 Å². The minimum atomic E-state index is -0.422. The van der Waals surface area contributed by atoms with Crippen LogP contribution in [0.15, 0.2) is 48.5 Å². The largest absolute Gasteiger partial charge is 0.465 e. The van der Waals surface area contributed by atoms with Gasteiger partial charge in [-0.3, -0.25) is 0 Å². The molecule has 0 aliphatic rings. The van der Waals surface area contributed by atoms with E-state index in [-0.39, 0.29) is 12.6 Å². The zero-order chi connectivity index (χ0) is 16.7. The van der Waals surface area contributed by atoms with Gasteiger partial charge in [0, 0.05) is 12.2 Å². The number of nitriles is 1. The number of benzene rings is 2. The van der Waals surface area contributed by atoms with Crippen molar-refractivity contribution < 1.29 is 14.3 Å². The van der Waals surface area contributed by atoms with Gasteiger partial charge in [-0.1, -0.05) is 12.1 Å². The molecule has 0 saturated carbocycles. The molecule has 0 unspecified atom stereocenters. The molecular weight excluding hydrogens is 294 g/mol. The Labute approximate surface area is 133 Å². The lowest BCUT2D eigenvalue weighted by atomic mass is 10.1. The molecule has 2 amide bonds. The van der Waals surface area contributed by atoms with Crippen LogP contribution in [0.2, 0.25) is 0 Å². The van der Waals surface area contributed by atoms with Crippen LogP contribution in [0, 0.1) is 11.3 Å². The number of rotatable bonds is 4. The summed E-state index contributed by atoms with van der Waals surface area (Å²) in [6.07, 6.45) is 0. The van der Waals surface area contributed by atoms with Gasteiger partial charge in [-0.2, -0.15) is 5.26 Å². The number of carbonyl (C=O) groups excluding carboxylic acids is 2. The number of amides is 2. The summed E-state index contributed by atoms with van der Waals surface area (Å²) in [4.78, 5) is 23.3. The number of ether oxygens (including phenoxy) is 1. The molecule has 116 valence electrons. The van der Waals surface area contributed by atoms with Crippen molar-refractivity contribution in [2.75, 3.05) is 12.4 Å². The molecule has 23 heavy (non-hydrogen) atoms. The highest BCUT2D eigenvalue weighted by Crippen LogP contribution is 2.09. The fraction of sp³-hybridized carbons (Fsp3) is 0.118. The van der Waals surface area contributed by atoms with Gasteiger partial charge >= 0.3 is 12.0 Å². The molecule has 0 atom stereocenters. The summed E-state index contributed by atoms with van der Waals surface area (Å²) >= 11 is 0. The lowest BCUT2D eigenvalue weighted by molar-refractivity contribution is 0.0600. The average Bonchev–Trinajstić information content (AvgIpc) is 2.60. The second-order valence-corrected chi connectivity index (χ2v) is 4.69. The first-order valence-corrected chi connectivity index (χ1v) is 6.84.